The maximum Gasteiger partial charge on any atom is 0.408 e. The van der Waals surface area contributed by atoms with Gasteiger partial charge in [0.2, 0.25) is 5.91 Å². The minimum absolute atomic E-state index is 0.0302. The molecule has 0 spiro atoms. The topological polar surface area (TPSA) is 92.4 Å². The first-order valence-electron chi connectivity index (χ1n) is 10.8. The number of anilines is 1. The molecular formula is C24H23FN4O3S. The summed E-state index contributed by atoms with van der Waals surface area (Å²) in [6.45, 7) is 1.04. The Balaban J connectivity index is 1.19. The van der Waals surface area contributed by atoms with E-state index in [4.69, 9.17) is 4.74 Å². The molecule has 33 heavy (non-hydrogen) atoms. The summed E-state index contributed by atoms with van der Waals surface area (Å²) < 4.78 is 19.8. The van der Waals surface area contributed by atoms with Crippen molar-refractivity contribution in [2.45, 2.75) is 36.4 Å². The molecule has 2 amide bonds. The van der Waals surface area contributed by atoms with E-state index in [1.807, 2.05) is 24.3 Å². The molecule has 7 nitrogen and oxygen atoms in total. The molecule has 0 aliphatic carbocycles. The number of benzene rings is 2. The number of ether oxygens (including phenoxy) is 1. The third-order valence-electron chi connectivity index (χ3n) is 5.88. The van der Waals surface area contributed by atoms with E-state index in [2.05, 4.69) is 20.9 Å². The van der Waals surface area contributed by atoms with E-state index in [1.54, 1.807) is 18.3 Å². The summed E-state index contributed by atoms with van der Waals surface area (Å²) >= 11 is 1.50. The number of aromatic nitrogens is 1. The van der Waals surface area contributed by atoms with Crippen molar-refractivity contribution in [3.63, 3.8) is 0 Å². The lowest BCUT2D eigenvalue weighted by Crippen LogP contribution is -2.25. The average molecular weight is 467 g/mol. The van der Waals surface area contributed by atoms with Crippen LogP contribution in [0.3, 0.4) is 0 Å². The van der Waals surface area contributed by atoms with Gasteiger partial charge >= 0.3 is 6.09 Å². The zero-order chi connectivity index (χ0) is 22.8. The Morgan fingerprint density at radius 1 is 1.21 bits per heavy atom. The van der Waals surface area contributed by atoms with Gasteiger partial charge in [-0.3, -0.25) is 9.78 Å². The fourth-order valence-corrected chi connectivity index (χ4v) is 5.07. The first-order valence-corrected chi connectivity index (χ1v) is 11.8. The lowest BCUT2D eigenvalue weighted by molar-refractivity contribution is -0.113. The minimum Gasteiger partial charge on any atom is -0.444 e. The lowest BCUT2D eigenvalue weighted by atomic mass is 9.98. The van der Waals surface area contributed by atoms with Gasteiger partial charge < -0.3 is 20.7 Å². The van der Waals surface area contributed by atoms with Crippen molar-refractivity contribution in [1.29, 1.82) is 0 Å². The van der Waals surface area contributed by atoms with Gasteiger partial charge in [0, 0.05) is 28.6 Å². The van der Waals surface area contributed by atoms with Gasteiger partial charge in [-0.25, -0.2) is 9.18 Å². The van der Waals surface area contributed by atoms with Gasteiger partial charge in [0.05, 0.1) is 23.0 Å². The second-order valence-electron chi connectivity index (χ2n) is 8.07. The normalized spacial score (nSPS) is 19.7. The van der Waals surface area contributed by atoms with Crippen LogP contribution in [-0.4, -0.2) is 35.4 Å². The van der Waals surface area contributed by atoms with Crippen molar-refractivity contribution in [2.24, 2.45) is 0 Å². The first kappa shape index (κ1) is 21.7. The zero-order valence-electron chi connectivity index (χ0n) is 17.8. The highest BCUT2D eigenvalue weighted by atomic mass is 32.2. The Bertz CT molecular complexity index is 1220. The van der Waals surface area contributed by atoms with Crippen molar-refractivity contribution in [3.8, 4) is 0 Å². The number of carbonyl (C=O) groups excluding carboxylic acids is 2. The standard InChI is InChI=1S/C24H23FN4O3S/c25-17-6-7-18-15(3-1-10-27-18)16(17)12-26-9-2-4-20-23(29-24(31)32-20)14-5-8-21-19(11-14)28-22(30)13-33-21/h1,3,5-8,10-11,20,23,26H,2,4,9,12-13H2,(H,28,30)(H,29,31)/t20?,23-/m1/s1. The van der Waals surface area contributed by atoms with Crippen LogP contribution >= 0.6 is 11.8 Å². The van der Waals surface area contributed by atoms with Crippen molar-refractivity contribution < 1.29 is 18.7 Å². The Kier molecular flexibility index (Phi) is 6.15. The number of amides is 2. The molecule has 1 saturated heterocycles. The Hall–Kier alpha value is -3.17. The number of hydrogen-bond donors (Lipinski definition) is 3. The monoisotopic (exact) mass is 466 g/mol. The number of hydrogen-bond acceptors (Lipinski definition) is 6. The van der Waals surface area contributed by atoms with Gasteiger partial charge in [0.25, 0.3) is 0 Å². The van der Waals surface area contributed by atoms with Crippen molar-refractivity contribution in [3.05, 3.63) is 65.6 Å². The van der Waals surface area contributed by atoms with Crippen LogP contribution in [0, 0.1) is 5.82 Å². The Labute approximate surface area is 194 Å². The van der Waals surface area contributed by atoms with E-state index in [1.165, 1.54) is 17.8 Å². The second kappa shape index (κ2) is 9.36. The summed E-state index contributed by atoms with van der Waals surface area (Å²) in [4.78, 5) is 29.0. The van der Waals surface area contributed by atoms with E-state index in [0.29, 0.717) is 30.8 Å². The van der Waals surface area contributed by atoms with Gasteiger partial charge in [0.15, 0.2) is 0 Å². The smallest absolute Gasteiger partial charge is 0.408 e. The summed E-state index contributed by atoms with van der Waals surface area (Å²) in [6.07, 6.45) is 2.33. The molecule has 3 aromatic rings. The van der Waals surface area contributed by atoms with Crippen LogP contribution in [0.25, 0.3) is 10.9 Å². The van der Waals surface area contributed by atoms with Crippen LogP contribution in [-0.2, 0) is 16.1 Å². The number of cyclic esters (lactones) is 1. The molecule has 2 aliphatic heterocycles. The van der Waals surface area contributed by atoms with Gasteiger partial charge in [-0.15, -0.1) is 11.8 Å². The van der Waals surface area contributed by atoms with Crippen LogP contribution in [0.2, 0.25) is 0 Å². The lowest BCUT2D eigenvalue weighted by Gasteiger charge is -2.21. The maximum atomic E-state index is 14.3. The van der Waals surface area contributed by atoms with Crippen LogP contribution in [0.15, 0.2) is 53.6 Å². The van der Waals surface area contributed by atoms with Gasteiger partial charge in [0.1, 0.15) is 11.9 Å². The predicted molar refractivity (Wildman–Crippen MR) is 125 cm³/mol. The Morgan fingerprint density at radius 2 is 2.12 bits per heavy atom. The molecule has 1 fully saturated rings. The summed E-state index contributed by atoms with van der Waals surface area (Å²) in [5.74, 6) is 0.122. The van der Waals surface area contributed by atoms with Crippen LogP contribution in [0.5, 0.6) is 0 Å². The number of thioether (sulfide) groups is 1. The fraction of sp³-hybridized carbons (Fsp3) is 0.292. The number of fused-ring (bicyclic) bond motifs is 2. The van der Waals surface area contributed by atoms with Crippen LogP contribution < -0.4 is 16.0 Å². The average Bonchev–Trinajstić information content (AvgIpc) is 3.20. The molecule has 0 saturated carbocycles. The molecule has 5 rings (SSSR count). The van der Waals surface area contributed by atoms with Gasteiger partial charge in [-0.05, 0) is 55.3 Å². The number of nitrogens with zero attached hydrogens (tertiary/aromatic N) is 1. The van der Waals surface area contributed by atoms with E-state index in [-0.39, 0.29) is 23.9 Å². The number of rotatable bonds is 7. The van der Waals surface area contributed by atoms with Crippen molar-refractivity contribution >= 4 is 40.4 Å². The summed E-state index contributed by atoms with van der Waals surface area (Å²) in [7, 11) is 0. The van der Waals surface area contributed by atoms with E-state index in [9.17, 15) is 14.0 Å². The number of pyridine rings is 1. The summed E-state index contributed by atoms with van der Waals surface area (Å²) in [5.41, 5.74) is 3.02. The molecule has 2 aromatic carbocycles. The van der Waals surface area contributed by atoms with E-state index >= 15 is 0 Å². The third-order valence-corrected chi connectivity index (χ3v) is 6.96. The molecule has 2 atom stereocenters. The number of nitrogens with one attached hydrogen (secondary N) is 3. The third kappa shape index (κ3) is 4.65. The largest absolute Gasteiger partial charge is 0.444 e. The zero-order valence-corrected chi connectivity index (χ0v) is 18.6. The molecule has 1 unspecified atom stereocenters. The first-order chi connectivity index (χ1) is 16.1. The minimum atomic E-state index is -0.445. The molecule has 0 bridgehead atoms. The van der Waals surface area contributed by atoms with E-state index in [0.717, 1.165) is 33.5 Å². The van der Waals surface area contributed by atoms with Crippen molar-refractivity contribution in [1.82, 2.24) is 15.6 Å². The number of carbonyl (C=O) groups is 2. The number of alkyl carbamates (subject to hydrolysis) is 1. The molecule has 2 aliphatic rings. The highest BCUT2D eigenvalue weighted by molar-refractivity contribution is 8.00. The van der Waals surface area contributed by atoms with Crippen molar-refractivity contribution in [2.75, 3.05) is 17.6 Å². The van der Waals surface area contributed by atoms with Gasteiger partial charge in [-0.1, -0.05) is 12.1 Å². The van der Waals surface area contributed by atoms with Crippen LogP contribution in [0.1, 0.15) is 30.0 Å². The predicted octanol–water partition coefficient (Wildman–Crippen LogP) is 4.14. The summed E-state index contributed by atoms with van der Waals surface area (Å²) in [6, 6.07) is 12.3. The molecule has 9 heteroatoms. The number of halogens is 1. The second-order valence-corrected chi connectivity index (χ2v) is 9.09. The quantitative estimate of drug-likeness (QED) is 0.454. The fourth-order valence-electron chi connectivity index (χ4n) is 4.29. The SMILES string of the molecule is O=C1CSc2ccc([C@H]3NC(=O)OC3CCCNCc3c(F)ccc4ncccc34)cc2N1. The molecule has 170 valence electrons. The molecule has 3 N–H and O–H groups in total. The van der Waals surface area contributed by atoms with E-state index < -0.39 is 6.09 Å². The molecule has 1 aromatic heterocycles. The van der Waals surface area contributed by atoms with Crippen LogP contribution in [0.4, 0.5) is 14.9 Å². The Morgan fingerprint density at radius 3 is 3.03 bits per heavy atom. The highest BCUT2D eigenvalue weighted by Gasteiger charge is 2.35. The molecule has 3 heterocycles. The maximum absolute atomic E-state index is 14.3. The summed E-state index contributed by atoms with van der Waals surface area (Å²) in [5, 5.41) is 9.85. The molecular weight excluding hydrogens is 443 g/mol. The highest BCUT2D eigenvalue weighted by Crippen LogP contribution is 2.36. The molecule has 0 radical (unpaired) electrons. The van der Waals surface area contributed by atoms with Gasteiger partial charge in [-0.2, -0.15) is 0 Å².